The summed E-state index contributed by atoms with van der Waals surface area (Å²) in [4.78, 5) is 28.2. The third-order valence-electron chi connectivity index (χ3n) is 7.67. The van der Waals surface area contributed by atoms with Crippen molar-refractivity contribution in [3.8, 4) is 11.5 Å². The van der Waals surface area contributed by atoms with Crippen LogP contribution in [0, 0.1) is 6.92 Å². The first kappa shape index (κ1) is 28.6. The van der Waals surface area contributed by atoms with Gasteiger partial charge in [0.15, 0.2) is 0 Å². The molecule has 1 atom stereocenters. The lowest BCUT2D eigenvalue weighted by Crippen LogP contribution is -2.29. The Morgan fingerprint density at radius 2 is 1.43 bits per heavy atom. The largest absolute Gasteiger partial charge is 0.507 e. The number of aryl methyl sites for hydroxylation is 1. The smallest absolute Gasteiger partial charge is 0.296 e. The molecule has 220 valence electrons. The van der Waals surface area contributed by atoms with E-state index in [0.717, 1.165) is 16.7 Å². The lowest BCUT2D eigenvalue weighted by Gasteiger charge is -2.24. The molecule has 1 amide bonds. The minimum atomic E-state index is -0.833. The zero-order valence-corrected chi connectivity index (χ0v) is 24.2. The van der Waals surface area contributed by atoms with Crippen molar-refractivity contribution in [3.05, 3.63) is 161 Å². The Morgan fingerprint density at radius 1 is 0.773 bits per heavy atom. The summed E-state index contributed by atoms with van der Waals surface area (Å²) in [6.45, 7) is 2.91. The van der Waals surface area contributed by atoms with E-state index in [2.05, 4.69) is 0 Å². The van der Waals surface area contributed by atoms with Gasteiger partial charge in [0.2, 0.25) is 0 Å². The lowest BCUT2D eigenvalue weighted by molar-refractivity contribution is -0.140. The highest BCUT2D eigenvalue weighted by molar-refractivity contribution is 6.46. The molecule has 1 unspecified atom stereocenters. The average Bonchev–Trinajstić information content (AvgIpc) is 3.66. The molecule has 0 bridgehead atoms. The molecule has 4 aromatic carbocycles. The molecule has 1 aromatic heterocycles. The van der Waals surface area contributed by atoms with Crippen molar-refractivity contribution in [1.29, 1.82) is 0 Å². The van der Waals surface area contributed by atoms with Gasteiger partial charge in [0.05, 0.1) is 24.4 Å². The van der Waals surface area contributed by atoms with Gasteiger partial charge in [-0.1, -0.05) is 66.7 Å². The van der Waals surface area contributed by atoms with Crippen LogP contribution in [-0.2, 0) is 29.3 Å². The molecule has 1 fully saturated rings. The molecule has 1 aliphatic heterocycles. The molecule has 0 saturated carbocycles. The van der Waals surface area contributed by atoms with Gasteiger partial charge >= 0.3 is 0 Å². The number of hydrogen-bond donors (Lipinski definition) is 1. The zero-order valence-electron chi connectivity index (χ0n) is 24.2. The van der Waals surface area contributed by atoms with Crippen LogP contribution in [0.15, 0.2) is 132 Å². The molecule has 5 aromatic rings. The van der Waals surface area contributed by atoms with Gasteiger partial charge in [0, 0.05) is 5.56 Å². The molecule has 0 radical (unpaired) electrons. The minimum absolute atomic E-state index is 0.00749. The highest BCUT2D eigenvalue weighted by atomic mass is 16.5. The second-order valence-corrected chi connectivity index (χ2v) is 10.6. The zero-order chi connectivity index (χ0) is 30.5. The monoisotopic (exact) mass is 585 g/mol. The molecule has 0 spiro atoms. The molecular weight excluding hydrogens is 554 g/mol. The second kappa shape index (κ2) is 12.8. The van der Waals surface area contributed by atoms with Gasteiger partial charge in [-0.2, -0.15) is 0 Å². The maximum atomic E-state index is 13.4. The Bertz CT molecular complexity index is 1770. The standard InChI is InChI=1S/C37H31NO6/c1-25-8-5-6-11-29(25)24-44-31-19-15-28(16-20-31)35(39)33-34(38(37(41)36(33)40)22-32-12-7-21-42-32)27-13-17-30(18-14-27)43-23-26-9-3-2-4-10-26/h2-21,34,39H,22-24H2,1H3. The van der Waals surface area contributed by atoms with Crippen LogP contribution in [-0.4, -0.2) is 21.7 Å². The molecule has 1 aliphatic rings. The van der Waals surface area contributed by atoms with Crippen LogP contribution >= 0.6 is 0 Å². The number of ketones is 1. The van der Waals surface area contributed by atoms with Crippen LogP contribution in [0.5, 0.6) is 11.5 Å². The maximum Gasteiger partial charge on any atom is 0.296 e. The van der Waals surface area contributed by atoms with E-state index in [0.29, 0.717) is 41.6 Å². The number of aliphatic hydroxyl groups is 1. The molecule has 1 N–H and O–H groups in total. The Labute approximate surface area is 255 Å². The van der Waals surface area contributed by atoms with Gasteiger partial charge in [0.1, 0.15) is 36.2 Å². The van der Waals surface area contributed by atoms with E-state index >= 15 is 0 Å². The van der Waals surface area contributed by atoms with Gasteiger partial charge in [0.25, 0.3) is 11.7 Å². The van der Waals surface area contributed by atoms with E-state index in [4.69, 9.17) is 13.9 Å². The van der Waals surface area contributed by atoms with Crippen molar-refractivity contribution in [2.24, 2.45) is 0 Å². The van der Waals surface area contributed by atoms with Crippen molar-refractivity contribution in [2.45, 2.75) is 32.7 Å². The first-order chi connectivity index (χ1) is 21.5. The number of ether oxygens (including phenoxy) is 2. The van der Waals surface area contributed by atoms with Crippen molar-refractivity contribution in [1.82, 2.24) is 4.90 Å². The van der Waals surface area contributed by atoms with Gasteiger partial charge in [-0.3, -0.25) is 9.59 Å². The Balaban J connectivity index is 1.28. The molecule has 44 heavy (non-hydrogen) atoms. The van der Waals surface area contributed by atoms with Crippen LogP contribution in [0.3, 0.4) is 0 Å². The number of furan rings is 1. The average molecular weight is 586 g/mol. The normalized spacial score (nSPS) is 15.8. The van der Waals surface area contributed by atoms with Crippen LogP contribution in [0.2, 0.25) is 0 Å². The molecule has 2 heterocycles. The molecule has 1 saturated heterocycles. The number of hydrogen-bond acceptors (Lipinski definition) is 6. The number of aliphatic hydroxyl groups excluding tert-OH is 1. The predicted octanol–water partition coefficient (Wildman–Crippen LogP) is 7.37. The van der Waals surface area contributed by atoms with Gasteiger partial charge in [-0.15, -0.1) is 0 Å². The van der Waals surface area contributed by atoms with E-state index in [1.54, 1.807) is 48.5 Å². The first-order valence-electron chi connectivity index (χ1n) is 14.3. The number of carbonyl (C=O) groups is 2. The van der Waals surface area contributed by atoms with Gasteiger partial charge < -0.3 is 23.9 Å². The number of amides is 1. The third kappa shape index (κ3) is 6.13. The number of rotatable bonds is 10. The Kier molecular flexibility index (Phi) is 8.28. The SMILES string of the molecule is Cc1ccccc1COc1ccc(C(O)=C2C(=O)C(=O)N(Cc3ccco3)C2c2ccc(OCc3ccccc3)cc2)cc1. The van der Waals surface area contributed by atoms with Crippen LogP contribution in [0.4, 0.5) is 0 Å². The molecule has 0 aliphatic carbocycles. The van der Waals surface area contributed by atoms with E-state index in [9.17, 15) is 14.7 Å². The van der Waals surface area contributed by atoms with Crippen molar-refractivity contribution in [2.75, 3.05) is 0 Å². The summed E-state index contributed by atoms with van der Waals surface area (Å²) in [6, 6.07) is 34.5. The van der Waals surface area contributed by atoms with Crippen LogP contribution in [0.1, 0.15) is 39.6 Å². The fourth-order valence-corrected chi connectivity index (χ4v) is 5.24. The topological polar surface area (TPSA) is 89.2 Å². The second-order valence-electron chi connectivity index (χ2n) is 10.6. The molecule has 7 nitrogen and oxygen atoms in total. The third-order valence-corrected chi connectivity index (χ3v) is 7.67. The fourth-order valence-electron chi connectivity index (χ4n) is 5.24. The number of benzene rings is 4. The summed E-state index contributed by atoms with van der Waals surface area (Å²) < 4.78 is 17.4. The Hall–Kier alpha value is -5.56. The van der Waals surface area contributed by atoms with E-state index in [-0.39, 0.29) is 17.9 Å². The van der Waals surface area contributed by atoms with E-state index in [1.165, 1.54) is 11.2 Å². The highest BCUT2D eigenvalue weighted by Gasteiger charge is 2.46. The van der Waals surface area contributed by atoms with E-state index < -0.39 is 17.7 Å². The lowest BCUT2D eigenvalue weighted by atomic mass is 9.95. The predicted molar refractivity (Wildman–Crippen MR) is 166 cm³/mol. The number of likely N-dealkylation sites (tertiary alicyclic amines) is 1. The molecular formula is C37H31NO6. The van der Waals surface area contributed by atoms with E-state index in [1.807, 2.05) is 73.7 Å². The summed E-state index contributed by atoms with van der Waals surface area (Å²) in [7, 11) is 0. The summed E-state index contributed by atoms with van der Waals surface area (Å²) >= 11 is 0. The fraction of sp³-hybridized carbons (Fsp3) is 0.135. The molecule has 6 rings (SSSR count). The maximum absolute atomic E-state index is 13.4. The number of nitrogens with zero attached hydrogens (tertiary/aromatic N) is 1. The van der Waals surface area contributed by atoms with Crippen molar-refractivity contribution < 1.29 is 28.6 Å². The van der Waals surface area contributed by atoms with Gasteiger partial charge in [-0.25, -0.2) is 0 Å². The van der Waals surface area contributed by atoms with Crippen LogP contribution < -0.4 is 9.47 Å². The number of carbonyl (C=O) groups excluding carboxylic acids is 2. The van der Waals surface area contributed by atoms with Crippen molar-refractivity contribution >= 4 is 17.4 Å². The first-order valence-corrected chi connectivity index (χ1v) is 14.3. The molecule has 7 heteroatoms. The number of Topliss-reactive ketones (excluding diaryl/α,β-unsaturated/α-hetero) is 1. The van der Waals surface area contributed by atoms with Gasteiger partial charge in [-0.05, 0) is 77.7 Å². The minimum Gasteiger partial charge on any atom is -0.507 e. The Morgan fingerprint density at radius 3 is 2.11 bits per heavy atom. The van der Waals surface area contributed by atoms with Crippen LogP contribution in [0.25, 0.3) is 5.76 Å². The highest BCUT2D eigenvalue weighted by Crippen LogP contribution is 2.41. The summed E-state index contributed by atoms with van der Waals surface area (Å²) in [6.07, 6.45) is 1.52. The summed E-state index contributed by atoms with van der Waals surface area (Å²) in [5, 5.41) is 11.5. The summed E-state index contributed by atoms with van der Waals surface area (Å²) in [5.74, 6) is 0.0477. The summed E-state index contributed by atoms with van der Waals surface area (Å²) in [5.41, 5.74) is 4.31. The van der Waals surface area contributed by atoms with Crippen molar-refractivity contribution in [3.63, 3.8) is 0 Å². The quantitative estimate of drug-likeness (QED) is 0.105.